The van der Waals surface area contributed by atoms with Gasteiger partial charge in [-0.1, -0.05) is 6.92 Å². The lowest BCUT2D eigenvalue weighted by atomic mass is 9.99. The minimum atomic E-state index is -3.64. The van der Waals surface area contributed by atoms with Crippen molar-refractivity contribution in [3.63, 3.8) is 0 Å². The number of sulfonamides is 1. The Morgan fingerprint density at radius 2 is 2.33 bits per heavy atom. The number of ether oxygens (including phenoxy) is 1. The van der Waals surface area contributed by atoms with E-state index in [9.17, 15) is 8.42 Å². The summed E-state index contributed by atoms with van der Waals surface area (Å²) >= 11 is 0. The molecule has 8 heteroatoms. The quantitative estimate of drug-likeness (QED) is 0.788. The monoisotopic (exact) mass is 274 g/mol. The SMILES string of the molecule is CC1COCCC1NS(=O)(=O)c1c(N)ncn1C. The first-order chi connectivity index (χ1) is 8.42. The fourth-order valence-electron chi connectivity index (χ4n) is 2.07. The average molecular weight is 274 g/mol. The van der Waals surface area contributed by atoms with Crippen LogP contribution in [0.5, 0.6) is 0 Å². The maximum atomic E-state index is 12.3. The molecule has 1 aromatic heterocycles. The first-order valence-electron chi connectivity index (χ1n) is 5.78. The predicted molar refractivity (Wildman–Crippen MR) is 66.3 cm³/mol. The summed E-state index contributed by atoms with van der Waals surface area (Å²) in [6.07, 6.45) is 2.05. The highest BCUT2D eigenvalue weighted by atomic mass is 32.2. The molecule has 0 spiro atoms. The summed E-state index contributed by atoms with van der Waals surface area (Å²) in [5.74, 6) is 0.160. The average Bonchev–Trinajstić information content (AvgIpc) is 2.62. The maximum absolute atomic E-state index is 12.3. The number of rotatable bonds is 3. The van der Waals surface area contributed by atoms with Gasteiger partial charge in [0.15, 0.2) is 10.8 Å². The molecule has 7 nitrogen and oxygen atoms in total. The second-order valence-electron chi connectivity index (χ2n) is 4.61. The molecule has 0 aliphatic carbocycles. The Kier molecular flexibility index (Phi) is 3.60. The van der Waals surface area contributed by atoms with Crippen molar-refractivity contribution in [2.24, 2.45) is 13.0 Å². The van der Waals surface area contributed by atoms with Crippen LogP contribution >= 0.6 is 0 Å². The Morgan fingerprint density at radius 3 is 2.89 bits per heavy atom. The third-order valence-electron chi connectivity index (χ3n) is 3.11. The van der Waals surface area contributed by atoms with Gasteiger partial charge in [-0.05, 0) is 12.3 Å². The lowest BCUT2D eigenvalue weighted by Gasteiger charge is -2.29. The van der Waals surface area contributed by atoms with E-state index in [1.165, 1.54) is 10.9 Å². The normalized spacial score (nSPS) is 25.2. The summed E-state index contributed by atoms with van der Waals surface area (Å²) in [5.41, 5.74) is 5.59. The summed E-state index contributed by atoms with van der Waals surface area (Å²) in [4.78, 5) is 3.79. The fourth-order valence-corrected chi connectivity index (χ4v) is 3.69. The summed E-state index contributed by atoms with van der Waals surface area (Å²) in [6.45, 7) is 3.09. The van der Waals surface area contributed by atoms with Gasteiger partial charge in [0, 0.05) is 19.7 Å². The lowest BCUT2D eigenvalue weighted by Crippen LogP contribution is -2.44. The molecule has 0 aromatic carbocycles. The van der Waals surface area contributed by atoms with Gasteiger partial charge in [0.2, 0.25) is 0 Å². The molecule has 0 radical (unpaired) electrons. The molecule has 18 heavy (non-hydrogen) atoms. The van der Waals surface area contributed by atoms with Gasteiger partial charge in [0.05, 0.1) is 12.9 Å². The van der Waals surface area contributed by atoms with E-state index in [0.717, 1.165) is 0 Å². The van der Waals surface area contributed by atoms with E-state index in [-0.39, 0.29) is 22.8 Å². The largest absolute Gasteiger partial charge is 0.381 e. The standard InChI is InChI=1S/C10H18N4O3S/c1-7-5-17-4-3-8(7)13-18(15,16)10-9(11)12-6-14(10)2/h6-8,13H,3-5,11H2,1-2H3. The van der Waals surface area contributed by atoms with Crippen molar-refractivity contribution in [3.8, 4) is 0 Å². The zero-order chi connectivity index (χ0) is 13.3. The Morgan fingerprint density at radius 1 is 1.61 bits per heavy atom. The molecular weight excluding hydrogens is 256 g/mol. The number of nitrogens with zero attached hydrogens (tertiary/aromatic N) is 2. The van der Waals surface area contributed by atoms with Crippen molar-refractivity contribution < 1.29 is 13.2 Å². The van der Waals surface area contributed by atoms with E-state index in [1.807, 2.05) is 6.92 Å². The molecule has 1 fully saturated rings. The summed E-state index contributed by atoms with van der Waals surface area (Å²) in [6, 6.07) is -0.127. The Hall–Kier alpha value is -1.12. The summed E-state index contributed by atoms with van der Waals surface area (Å²) in [5, 5.41) is 0.0150. The molecule has 2 atom stereocenters. The van der Waals surface area contributed by atoms with Crippen molar-refractivity contribution in [2.45, 2.75) is 24.4 Å². The number of aryl methyl sites for hydroxylation is 1. The van der Waals surface area contributed by atoms with E-state index in [0.29, 0.717) is 19.6 Å². The molecule has 2 rings (SSSR count). The van der Waals surface area contributed by atoms with Gasteiger partial charge in [0.25, 0.3) is 10.0 Å². The molecule has 102 valence electrons. The molecule has 2 heterocycles. The van der Waals surface area contributed by atoms with Crippen LogP contribution in [-0.4, -0.2) is 37.2 Å². The predicted octanol–water partition coefficient (Wildman–Crippen LogP) is -0.294. The molecule has 1 aliphatic rings. The van der Waals surface area contributed by atoms with Gasteiger partial charge in [-0.25, -0.2) is 18.1 Å². The molecule has 0 amide bonds. The minimum Gasteiger partial charge on any atom is -0.381 e. The van der Waals surface area contributed by atoms with Crippen molar-refractivity contribution in [3.05, 3.63) is 6.33 Å². The van der Waals surface area contributed by atoms with E-state index < -0.39 is 10.0 Å². The Bertz CT molecular complexity index is 506. The minimum absolute atomic E-state index is 0.0150. The second-order valence-corrected chi connectivity index (χ2v) is 6.24. The van der Waals surface area contributed by atoms with Crippen LogP contribution in [-0.2, 0) is 21.8 Å². The fraction of sp³-hybridized carbons (Fsp3) is 0.700. The highest BCUT2D eigenvalue weighted by molar-refractivity contribution is 7.89. The first-order valence-corrected chi connectivity index (χ1v) is 7.27. The number of imidazole rings is 1. The molecule has 1 aromatic rings. The smallest absolute Gasteiger partial charge is 0.260 e. The van der Waals surface area contributed by atoms with Crippen molar-refractivity contribution in [1.82, 2.24) is 14.3 Å². The Balaban J connectivity index is 2.22. The molecule has 0 bridgehead atoms. The lowest BCUT2D eigenvalue weighted by molar-refractivity contribution is 0.0450. The number of hydrogen-bond acceptors (Lipinski definition) is 5. The highest BCUT2D eigenvalue weighted by Crippen LogP contribution is 2.20. The van der Waals surface area contributed by atoms with Gasteiger partial charge in [-0.15, -0.1) is 0 Å². The second kappa shape index (κ2) is 4.87. The summed E-state index contributed by atoms with van der Waals surface area (Å²) < 4.78 is 33.9. The van der Waals surface area contributed by atoms with Crippen molar-refractivity contribution in [2.75, 3.05) is 18.9 Å². The van der Waals surface area contributed by atoms with Crippen LogP contribution < -0.4 is 10.5 Å². The van der Waals surface area contributed by atoms with Crippen LogP contribution in [0.1, 0.15) is 13.3 Å². The van der Waals surface area contributed by atoms with Crippen LogP contribution in [0.4, 0.5) is 5.82 Å². The van der Waals surface area contributed by atoms with Gasteiger partial charge < -0.3 is 15.0 Å². The number of nitrogen functional groups attached to an aromatic ring is 1. The number of aromatic nitrogens is 2. The van der Waals surface area contributed by atoms with Gasteiger partial charge >= 0.3 is 0 Å². The third-order valence-corrected chi connectivity index (χ3v) is 4.73. The van der Waals surface area contributed by atoms with Gasteiger partial charge in [-0.2, -0.15) is 0 Å². The Labute approximate surface area is 106 Å². The third kappa shape index (κ3) is 2.50. The molecular formula is C10H18N4O3S. The van der Waals surface area contributed by atoms with Crippen LogP contribution in [0.3, 0.4) is 0 Å². The van der Waals surface area contributed by atoms with Crippen LogP contribution in [0.25, 0.3) is 0 Å². The van der Waals surface area contributed by atoms with Crippen LogP contribution in [0.2, 0.25) is 0 Å². The van der Waals surface area contributed by atoms with E-state index in [1.54, 1.807) is 7.05 Å². The van der Waals surface area contributed by atoms with Crippen molar-refractivity contribution >= 4 is 15.8 Å². The summed E-state index contributed by atoms with van der Waals surface area (Å²) in [7, 11) is -2.04. The van der Waals surface area contributed by atoms with Gasteiger partial charge in [0.1, 0.15) is 0 Å². The van der Waals surface area contributed by atoms with E-state index in [4.69, 9.17) is 10.5 Å². The van der Waals surface area contributed by atoms with Crippen molar-refractivity contribution in [1.29, 1.82) is 0 Å². The zero-order valence-electron chi connectivity index (χ0n) is 10.5. The number of nitrogens with one attached hydrogen (secondary N) is 1. The van der Waals surface area contributed by atoms with Crippen LogP contribution in [0.15, 0.2) is 11.4 Å². The molecule has 2 unspecified atom stereocenters. The first kappa shape index (κ1) is 13.3. The molecule has 1 saturated heterocycles. The molecule has 0 saturated carbocycles. The molecule has 3 N–H and O–H groups in total. The number of nitrogens with two attached hydrogens (primary N) is 1. The highest BCUT2D eigenvalue weighted by Gasteiger charge is 2.30. The van der Waals surface area contributed by atoms with E-state index >= 15 is 0 Å². The number of anilines is 1. The maximum Gasteiger partial charge on any atom is 0.260 e. The van der Waals surface area contributed by atoms with Gasteiger partial charge in [-0.3, -0.25) is 0 Å². The topological polar surface area (TPSA) is 99.2 Å². The molecule has 1 aliphatic heterocycles. The number of hydrogen-bond donors (Lipinski definition) is 2. The zero-order valence-corrected chi connectivity index (χ0v) is 11.3. The van der Waals surface area contributed by atoms with Crippen LogP contribution in [0, 0.1) is 5.92 Å². The van der Waals surface area contributed by atoms with E-state index in [2.05, 4.69) is 9.71 Å².